The van der Waals surface area contributed by atoms with Crippen molar-refractivity contribution in [2.75, 3.05) is 45.2 Å². The van der Waals surface area contributed by atoms with E-state index in [4.69, 9.17) is 4.98 Å². The Morgan fingerprint density at radius 3 is 2.52 bits per heavy atom. The lowest BCUT2D eigenvalue weighted by molar-refractivity contribution is -0.384. The van der Waals surface area contributed by atoms with Gasteiger partial charge in [-0.05, 0) is 25.1 Å². The van der Waals surface area contributed by atoms with Crippen molar-refractivity contribution in [3.63, 3.8) is 0 Å². The Labute approximate surface area is 184 Å². The molecule has 1 aromatic heterocycles. The van der Waals surface area contributed by atoms with Gasteiger partial charge in [0.1, 0.15) is 5.01 Å². The highest BCUT2D eigenvalue weighted by molar-refractivity contribution is 7.18. The van der Waals surface area contributed by atoms with Crippen LogP contribution in [0.15, 0.2) is 42.5 Å². The summed E-state index contributed by atoms with van der Waals surface area (Å²) < 4.78 is 1.18. The molecule has 1 atom stereocenters. The van der Waals surface area contributed by atoms with E-state index in [1.807, 2.05) is 37.2 Å². The highest BCUT2D eigenvalue weighted by Gasteiger charge is 2.29. The molecule has 0 N–H and O–H groups in total. The number of fused-ring (bicyclic) bond motifs is 1. The monoisotopic (exact) mass is 439 g/mol. The number of piperazine rings is 1. The number of carbonyl (C=O) groups is 1. The number of aromatic nitrogens is 1. The number of amides is 1. The molecule has 31 heavy (non-hydrogen) atoms. The van der Waals surface area contributed by atoms with Crippen molar-refractivity contribution in [3.8, 4) is 0 Å². The highest BCUT2D eigenvalue weighted by Crippen LogP contribution is 2.31. The van der Waals surface area contributed by atoms with E-state index in [-0.39, 0.29) is 17.6 Å². The van der Waals surface area contributed by atoms with Crippen LogP contribution in [0.4, 0.5) is 11.4 Å². The van der Waals surface area contributed by atoms with Gasteiger partial charge < -0.3 is 9.80 Å². The standard InChI is InChI=1S/C22H25N5O3S/c1-15(21-23-18-6-4-5-7-20(18)31-21)25-10-12-26(13-11-25)22(28)17-14-16(27(29)30)8-9-19(17)24(2)3/h4-9,14-15H,10-13H2,1-3H3. The van der Waals surface area contributed by atoms with Gasteiger partial charge in [0.15, 0.2) is 0 Å². The van der Waals surface area contributed by atoms with E-state index in [2.05, 4.69) is 17.9 Å². The van der Waals surface area contributed by atoms with E-state index in [0.29, 0.717) is 24.3 Å². The number of para-hydroxylation sites is 1. The molecule has 162 valence electrons. The van der Waals surface area contributed by atoms with E-state index < -0.39 is 4.92 Å². The van der Waals surface area contributed by atoms with Crippen molar-refractivity contribution in [2.24, 2.45) is 0 Å². The van der Waals surface area contributed by atoms with E-state index >= 15 is 0 Å². The fourth-order valence-corrected chi connectivity index (χ4v) is 4.96. The number of hydrogen-bond acceptors (Lipinski definition) is 7. The third-order valence-corrected chi connectivity index (χ3v) is 6.93. The highest BCUT2D eigenvalue weighted by atomic mass is 32.1. The van der Waals surface area contributed by atoms with Crippen molar-refractivity contribution in [1.29, 1.82) is 0 Å². The molecule has 1 fully saturated rings. The summed E-state index contributed by atoms with van der Waals surface area (Å²) in [6.07, 6.45) is 0. The summed E-state index contributed by atoms with van der Waals surface area (Å²) in [5.74, 6) is -0.167. The van der Waals surface area contributed by atoms with E-state index in [1.165, 1.54) is 16.8 Å². The Morgan fingerprint density at radius 1 is 1.16 bits per heavy atom. The predicted molar refractivity (Wildman–Crippen MR) is 123 cm³/mol. The van der Waals surface area contributed by atoms with Crippen molar-refractivity contribution < 1.29 is 9.72 Å². The molecule has 0 spiro atoms. The minimum atomic E-state index is -0.464. The summed E-state index contributed by atoms with van der Waals surface area (Å²) in [5.41, 5.74) is 2.00. The molecule has 2 heterocycles. The van der Waals surface area contributed by atoms with Gasteiger partial charge in [0, 0.05) is 58.1 Å². The predicted octanol–water partition coefficient (Wildman–Crippen LogP) is 3.79. The number of nitro groups is 1. The zero-order valence-electron chi connectivity index (χ0n) is 17.8. The number of anilines is 1. The largest absolute Gasteiger partial charge is 0.377 e. The fourth-order valence-electron chi connectivity index (χ4n) is 3.91. The maximum absolute atomic E-state index is 13.2. The number of rotatable bonds is 5. The van der Waals surface area contributed by atoms with Gasteiger partial charge in [-0.2, -0.15) is 0 Å². The van der Waals surface area contributed by atoms with Gasteiger partial charge in [-0.3, -0.25) is 19.8 Å². The lowest BCUT2D eigenvalue weighted by atomic mass is 10.1. The fraction of sp³-hybridized carbons (Fsp3) is 0.364. The van der Waals surface area contributed by atoms with E-state index in [0.717, 1.165) is 23.6 Å². The molecule has 0 bridgehead atoms. The maximum atomic E-state index is 13.2. The van der Waals surface area contributed by atoms with Crippen LogP contribution in [0.25, 0.3) is 10.2 Å². The molecular formula is C22H25N5O3S. The first kappa shape index (κ1) is 21.2. The molecule has 0 radical (unpaired) electrons. The number of thiazole rings is 1. The van der Waals surface area contributed by atoms with Gasteiger partial charge >= 0.3 is 0 Å². The summed E-state index contributed by atoms with van der Waals surface area (Å²) in [4.78, 5) is 34.7. The normalized spacial score (nSPS) is 15.8. The quantitative estimate of drug-likeness (QED) is 0.444. The van der Waals surface area contributed by atoms with Gasteiger partial charge in [0.05, 0.1) is 26.7 Å². The molecule has 2 aromatic carbocycles. The van der Waals surface area contributed by atoms with E-state index in [1.54, 1.807) is 22.3 Å². The van der Waals surface area contributed by atoms with Crippen molar-refractivity contribution in [1.82, 2.24) is 14.8 Å². The molecule has 1 saturated heterocycles. The Hall–Kier alpha value is -3.04. The van der Waals surface area contributed by atoms with Gasteiger partial charge in [0.25, 0.3) is 11.6 Å². The third kappa shape index (κ3) is 4.24. The first-order valence-electron chi connectivity index (χ1n) is 10.2. The Morgan fingerprint density at radius 2 is 1.87 bits per heavy atom. The van der Waals surface area contributed by atoms with Crippen molar-refractivity contribution in [3.05, 3.63) is 63.1 Å². The molecule has 3 aromatic rings. The molecule has 1 aliphatic heterocycles. The van der Waals surface area contributed by atoms with Crippen LogP contribution < -0.4 is 4.90 Å². The van der Waals surface area contributed by atoms with Crippen LogP contribution in [0.3, 0.4) is 0 Å². The molecule has 1 aliphatic rings. The van der Waals surface area contributed by atoms with Crippen LogP contribution in [0, 0.1) is 10.1 Å². The summed E-state index contributed by atoms with van der Waals surface area (Å²) >= 11 is 1.71. The number of nitrogens with zero attached hydrogens (tertiary/aromatic N) is 5. The molecule has 0 aliphatic carbocycles. The van der Waals surface area contributed by atoms with Crippen molar-refractivity contribution >= 4 is 38.8 Å². The second kappa shape index (κ2) is 8.60. The van der Waals surface area contributed by atoms with Gasteiger partial charge in [-0.25, -0.2) is 4.98 Å². The van der Waals surface area contributed by atoms with Gasteiger partial charge in [-0.15, -0.1) is 11.3 Å². The zero-order chi connectivity index (χ0) is 22.1. The Balaban J connectivity index is 1.47. The lowest BCUT2D eigenvalue weighted by Gasteiger charge is -2.37. The SMILES string of the molecule is CC(c1nc2ccccc2s1)N1CCN(C(=O)c2cc([N+](=O)[O-])ccc2N(C)C)CC1. The number of hydrogen-bond donors (Lipinski definition) is 0. The maximum Gasteiger partial charge on any atom is 0.270 e. The minimum Gasteiger partial charge on any atom is -0.377 e. The van der Waals surface area contributed by atoms with Gasteiger partial charge in [-0.1, -0.05) is 12.1 Å². The number of non-ortho nitro benzene ring substituents is 1. The average Bonchev–Trinajstić information content (AvgIpc) is 3.22. The molecule has 8 nitrogen and oxygen atoms in total. The molecule has 1 unspecified atom stereocenters. The van der Waals surface area contributed by atoms with Crippen LogP contribution in [-0.2, 0) is 0 Å². The summed E-state index contributed by atoms with van der Waals surface area (Å²) in [6, 6.07) is 12.8. The zero-order valence-corrected chi connectivity index (χ0v) is 18.6. The van der Waals surface area contributed by atoms with Crippen LogP contribution in [0.5, 0.6) is 0 Å². The Kier molecular flexibility index (Phi) is 5.88. The smallest absolute Gasteiger partial charge is 0.270 e. The second-order valence-electron chi connectivity index (χ2n) is 7.88. The van der Waals surface area contributed by atoms with Crippen molar-refractivity contribution in [2.45, 2.75) is 13.0 Å². The number of nitro benzene ring substituents is 1. The topological polar surface area (TPSA) is 82.8 Å². The van der Waals surface area contributed by atoms with Crippen LogP contribution in [-0.4, -0.2) is 65.9 Å². The number of carbonyl (C=O) groups excluding carboxylic acids is 1. The van der Waals surface area contributed by atoms with Crippen LogP contribution in [0.1, 0.15) is 28.3 Å². The molecule has 1 amide bonds. The van der Waals surface area contributed by atoms with Gasteiger partial charge in [0.2, 0.25) is 0 Å². The summed E-state index contributed by atoms with van der Waals surface area (Å²) in [6.45, 7) is 4.76. The minimum absolute atomic E-state index is 0.0722. The number of benzene rings is 2. The van der Waals surface area contributed by atoms with Crippen LogP contribution in [0.2, 0.25) is 0 Å². The average molecular weight is 440 g/mol. The summed E-state index contributed by atoms with van der Waals surface area (Å²) in [5, 5.41) is 12.3. The third-order valence-electron chi connectivity index (χ3n) is 5.72. The Bertz CT molecular complexity index is 1090. The molecule has 4 rings (SSSR count). The second-order valence-corrected chi connectivity index (χ2v) is 8.94. The molecule has 0 saturated carbocycles. The molecule has 9 heteroatoms. The first-order valence-corrected chi connectivity index (χ1v) is 11.0. The van der Waals surface area contributed by atoms with Crippen LogP contribution >= 0.6 is 11.3 Å². The molecular weight excluding hydrogens is 414 g/mol. The van der Waals surface area contributed by atoms with E-state index in [9.17, 15) is 14.9 Å². The first-order chi connectivity index (χ1) is 14.8. The summed E-state index contributed by atoms with van der Waals surface area (Å²) in [7, 11) is 3.66. The lowest BCUT2D eigenvalue weighted by Crippen LogP contribution is -2.49.